The number of rotatable bonds is 5. The highest BCUT2D eigenvalue weighted by Gasteiger charge is 2.31. The van der Waals surface area contributed by atoms with Crippen LogP contribution in [0.1, 0.15) is 11.3 Å². The molecule has 1 aromatic carbocycles. The lowest BCUT2D eigenvalue weighted by Crippen LogP contribution is -2.24. The first kappa shape index (κ1) is 21.6. The van der Waals surface area contributed by atoms with Crippen molar-refractivity contribution < 1.29 is 22.3 Å². The van der Waals surface area contributed by atoms with Crippen molar-refractivity contribution in [3.63, 3.8) is 0 Å². The first-order chi connectivity index (χ1) is 15.2. The van der Waals surface area contributed by atoms with E-state index in [9.17, 15) is 18.0 Å². The number of benzene rings is 1. The molecule has 11 heteroatoms. The van der Waals surface area contributed by atoms with E-state index in [2.05, 4.69) is 19.9 Å². The average molecular weight is 463 g/mol. The van der Waals surface area contributed by atoms with Crippen molar-refractivity contribution in [1.82, 2.24) is 19.7 Å². The number of alkyl halides is 3. The molecule has 7 nitrogen and oxygen atoms in total. The van der Waals surface area contributed by atoms with Crippen LogP contribution in [0.3, 0.4) is 0 Å². The van der Waals surface area contributed by atoms with Gasteiger partial charge in [0.1, 0.15) is 16.5 Å². The molecule has 0 aliphatic rings. The Morgan fingerprint density at radius 1 is 1.06 bits per heavy atom. The fourth-order valence-corrected chi connectivity index (χ4v) is 3.20. The molecule has 4 rings (SSSR count). The zero-order valence-electron chi connectivity index (χ0n) is 16.4. The molecule has 0 amide bonds. The summed E-state index contributed by atoms with van der Waals surface area (Å²) in [5.74, 6) is -0.341. The zero-order valence-corrected chi connectivity index (χ0v) is 17.2. The van der Waals surface area contributed by atoms with E-state index in [4.69, 9.17) is 16.0 Å². The van der Waals surface area contributed by atoms with E-state index >= 15 is 0 Å². The van der Waals surface area contributed by atoms with Gasteiger partial charge in [0, 0.05) is 17.5 Å². The van der Waals surface area contributed by atoms with Crippen LogP contribution in [0, 0.1) is 6.92 Å². The van der Waals surface area contributed by atoms with Gasteiger partial charge >= 0.3 is 6.36 Å². The van der Waals surface area contributed by atoms with Crippen molar-refractivity contribution in [2.45, 2.75) is 19.8 Å². The predicted octanol–water partition coefficient (Wildman–Crippen LogP) is 4.87. The maximum Gasteiger partial charge on any atom is 0.573 e. The Bertz CT molecular complexity index is 1320. The summed E-state index contributed by atoms with van der Waals surface area (Å²) in [7, 11) is 0. The van der Waals surface area contributed by atoms with Crippen molar-refractivity contribution in [3.8, 4) is 28.7 Å². The monoisotopic (exact) mass is 462 g/mol. The van der Waals surface area contributed by atoms with Gasteiger partial charge in [-0.05, 0) is 61.0 Å². The molecule has 32 heavy (non-hydrogen) atoms. The van der Waals surface area contributed by atoms with Gasteiger partial charge in [0.15, 0.2) is 0 Å². The molecule has 0 radical (unpaired) electrons. The summed E-state index contributed by atoms with van der Waals surface area (Å²) in [6.45, 7) is 2.06. The molecule has 0 saturated heterocycles. The van der Waals surface area contributed by atoms with Gasteiger partial charge in [0.25, 0.3) is 11.4 Å². The Morgan fingerprint density at radius 2 is 1.78 bits per heavy atom. The Kier molecular flexibility index (Phi) is 5.70. The summed E-state index contributed by atoms with van der Waals surface area (Å²) in [5, 5.41) is 8.14. The molecule has 164 valence electrons. The number of hydrogen-bond acceptors (Lipinski definition) is 6. The van der Waals surface area contributed by atoms with Crippen molar-refractivity contribution in [3.05, 3.63) is 81.5 Å². The minimum Gasteiger partial charge on any atom is -0.416 e. The van der Waals surface area contributed by atoms with Crippen LogP contribution in [0.4, 0.5) is 13.2 Å². The van der Waals surface area contributed by atoms with Crippen molar-refractivity contribution in [2.24, 2.45) is 0 Å². The molecule has 0 fully saturated rings. The highest BCUT2D eigenvalue weighted by molar-refractivity contribution is 6.29. The maximum absolute atomic E-state index is 13.1. The number of pyridine rings is 2. The van der Waals surface area contributed by atoms with Crippen LogP contribution < -0.4 is 10.3 Å². The molecular formula is C21H14ClF3N4O3. The molecule has 0 aliphatic heterocycles. The smallest absolute Gasteiger partial charge is 0.416 e. The first-order valence-corrected chi connectivity index (χ1v) is 9.58. The lowest BCUT2D eigenvalue weighted by atomic mass is 10.2. The molecular weight excluding hydrogens is 449 g/mol. The van der Waals surface area contributed by atoms with Gasteiger partial charge in [0.2, 0.25) is 5.89 Å². The summed E-state index contributed by atoms with van der Waals surface area (Å²) in [4.78, 5) is 17.0. The van der Waals surface area contributed by atoms with E-state index < -0.39 is 6.36 Å². The third-order valence-corrected chi connectivity index (χ3v) is 4.72. The highest BCUT2D eigenvalue weighted by Crippen LogP contribution is 2.27. The summed E-state index contributed by atoms with van der Waals surface area (Å²) >= 11 is 5.92. The van der Waals surface area contributed by atoms with E-state index in [1.54, 1.807) is 37.4 Å². The van der Waals surface area contributed by atoms with E-state index in [0.29, 0.717) is 16.4 Å². The van der Waals surface area contributed by atoms with E-state index in [1.807, 2.05) is 0 Å². The lowest BCUT2D eigenvalue weighted by molar-refractivity contribution is -0.274. The third kappa shape index (κ3) is 4.80. The number of ether oxygens (including phenoxy) is 1. The molecule has 0 aliphatic carbocycles. The molecule has 0 atom stereocenters. The second kappa shape index (κ2) is 8.46. The molecule has 0 bridgehead atoms. The van der Waals surface area contributed by atoms with Gasteiger partial charge in [0.05, 0.1) is 6.54 Å². The van der Waals surface area contributed by atoms with Gasteiger partial charge in [-0.15, -0.1) is 23.4 Å². The van der Waals surface area contributed by atoms with Crippen LogP contribution in [0.5, 0.6) is 5.75 Å². The summed E-state index contributed by atoms with van der Waals surface area (Å²) in [6.07, 6.45) is -3.23. The topological polar surface area (TPSA) is 83.0 Å². The second-order valence-corrected chi connectivity index (χ2v) is 7.14. The lowest BCUT2D eigenvalue weighted by Gasteiger charge is -2.11. The van der Waals surface area contributed by atoms with E-state index in [-0.39, 0.29) is 35.2 Å². The largest absolute Gasteiger partial charge is 0.573 e. The molecule has 0 saturated carbocycles. The van der Waals surface area contributed by atoms with Crippen LogP contribution in [0.2, 0.25) is 5.15 Å². The average Bonchev–Trinajstić information content (AvgIpc) is 3.20. The third-order valence-electron chi connectivity index (χ3n) is 4.51. The van der Waals surface area contributed by atoms with Gasteiger partial charge in [-0.2, -0.15) is 0 Å². The Morgan fingerprint density at radius 3 is 2.47 bits per heavy atom. The van der Waals surface area contributed by atoms with Crippen LogP contribution >= 0.6 is 11.6 Å². The van der Waals surface area contributed by atoms with Crippen LogP contribution in [0.25, 0.3) is 22.9 Å². The Balaban J connectivity index is 1.62. The van der Waals surface area contributed by atoms with Crippen molar-refractivity contribution in [2.75, 3.05) is 0 Å². The minimum absolute atomic E-state index is 0.0119. The number of aromatic nitrogens is 4. The van der Waals surface area contributed by atoms with Crippen molar-refractivity contribution >= 4 is 11.6 Å². The fraction of sp³-hybridized carbons (Fsp3) is 0.143. The van der Waals surface area contributed by atoms with Crippen molar-refractivity contribution in [1.29, 1.82) is 0 Å². The predicted molar refractivity (Wildman–Crippen MR) is 109 cm³/mol. The Hall–Kier alpha value is -3.66. The van der Waals surface area contributed by atoms with Gasteiger partial charge in [-0.1, -0.05) is 11.6 Å². The standard InChI is InChI=1S/C21H14ClF3N4O3/c1-12-2-7-16(20(30)29(12)11-13-8-9-26-17(22)10-13)19-28-27-18(31-19)14-3-5-15(6-4-14)32-21(23,24)25/h2-10H,11H2,1H3. The quantitative estimate of drug-likeness (QED) is 0.393. The fourth-order valence-electron chi connectivity index (χ4n) is 3.00. The number of hydrogen-bond donors (Lipinski definition) is 0. The van der Waals surface area contributed by atoms with Gasteiger partial charge in [-0.3, -0.25) is 4.79 Å². The highest BCUT2D eigenvalue weighted by atomic mass is 35.5. The molecule has 4 aromatic rings. The minimum atomic E-state index is -4.79. The maximum atomic E-state index is 13.1. The molecule has 0 spiro atoms. The molecule has 3 aromatic heterocycles. The molecule has 0 unspecified atom stereocenters. The summed E-state index contributed by atoms with van der Waals surface area (Å²) in [6, 6.07) is 11.7. The molecule has 0 N–H and O–H groups in total. The van der Waals surface area contributed by atoms with Gasteiger partial charge in [-0.25, -0.2) is 4.98 Å². The zero-order chi connectivity index (χ0) is 22.9. The SMILES string of the molecule is Cc1ccc(-c2nnc(-c3ccc(OC(F)(F)F)cc3)o2)c(=O)n1Cc1ccnc(Cl)c1. The number of aryl methyl sites for hydroxylation is 1. The second-order valence-electron chi connectivity index (χ2n) is 6.75. The first-order valence-electron chi connectivity index (χ1n) is 9.20. The van der Waals surface area contributed by atoms with Crippen LogP contribution in [-0.4, -0.2) is 26.1 Å². The Labute approximate surface area is 184 Å². The van der Waals surface area contributed by atoms with Crippen LogP contribution in [0.15, 0.2) is 63.9 Å². The normalized spacial score (nSPS) is 11.5. The van der Waals surface area contributed by atoms with Gasteiger partial charge < -0.3 is 13.7 Å². The number of halogens is 4. The summed E-state index contributed by atoms with van der Waals surface area (Å²) < 4.78 is 47.9. The summed E-state index contributed by atoms with van der Waals surface area (Å²) in [5.41, 5.74) is 1.72. The van der Waals surface area contributed by atoms with E-state index in [1.165, 1.54) is 16.7 Å². The number of nitrogens with zero attached hydrogens (tertiary/aromatic N) is 4. The molecule has 3 heterocycles. The van der Waals surface area contributed by atoms with Crippen LogP contribution in [-0.2, 0) is 6.54 Å². The van der Waals surface area contributed by atoms with E-state index in [0.717, 1.165) is 17.7 Å².